The zero-order chi connectivity index (χ0) is 16.0. The molecule has 0 saturated heterocycles. The van der Waals surface area contributed by atoms with Crippen LogP contribution in [0.3, 0.4) is 0 Å². The molecule has 6 nitrogen and oxygen atoms in total. The fourth-order valence-corrected chi connectivity index (χ4v) is 1.54. The van der Waals surface area contributed by atoms with Crippen molar-refractivity contribution in [2.45, 2.75) is 32.8 Å². The van der Waals surface area contributed by atoms with Crippen LogP contribution in [0.5, 0.6) is 0 Å². The van der Waals surface area contributed by atoms with E-state index >= 15 is 0 Å². The van der Waals surface area contributed by atoms with E-state index in [1.807, 2.05) is 0 Å². The normalized spacial score (nSPS) is 15.5. The third-order valence-electron chi connectivity index (χ3n) is 2.24. The summed E-state index contributed by atoms with van der Waals surface area (Å²) in [5, 5.41) is 2.53. The Hall–Kier alpha value is -2.37. The lowest BCUT2D eigenvalue weighted by Gasteiger charge is -2.17. The first kappa shape index (κ1) is 16.7. The molecule has 0 saturated carbocycles. The van der Waals surface area contributed by atoms with Crippen LogP contribution in [0.1, 0.15) is 27.2 Å². The van der Waals surface area contributed by atoms with Crippen molar-refractivity contribution in [3.8, 4) is 0 Å². The molecule has 0 spiro atoms. The maximum absolute atomic E-state index is 11.5. The highest BCUT2D eigenvalue weighted by Gasteiger charge is 2.15. The summed E-state index contributed by atoms with van der Waals surface area (Å²) in [5.74, 6) is -1.59. The lowest BCUT2D eigenvalue weighted by Crippen LogP contribution is -2.26. The lowest BCUT2D eigenvalue weighted by molar-refractivity contribution is -0.149. The van der Waals surface area contributed by atoms with Crippen LogP contribution in [0, 0.1) is 0 Å². The van der Waals surface area contributed by atoms with Crippen LogP contribution in [-0.2, 0) is 23.9 Å². The number of esters is 2. The maximum atomic E-state index is 11.5. The molecule has 0 aromatic carbocycles. The Balaban J connectivity index is 2.42. The van der Waals surface area contributed by atoms with E-state index in [0.717, 1.165) is 12.2 Å². The Labute approximate surface area is 123 Å². The fraction of sp³-hybridized carbons (Fsp3) is 0.400. The molecule has 0 bridgehead atoms. The van der Waals surface area contributed by atoms with Crippen molar-refractivity contribution in [2.75, 3.05) is 6.61 Å². The molecular formula is C15H19NO5. The van der Waals surface area contributed by atoms with Gasteiger partial charge in [-0.25, -0.2) is 9.59 Å². The van der Waals surface area contributed by atoms with Gasteiger partial charge in [0.1, 0.15) is 12.2 Å². The monoisotopic (exact) mass is 293 g/mol. The Morgan fingerprint density at radius 2 is 1.95 bits per heavy atom. The van der Waals surface area contributed by atoms with Crippen molar-refractivity contribution in [3.63, 3.8) is 0 Å². The molecule has 1 heterocycles. The number of ether oxygens (including phenoxy) is 2. The van der Waals surface area contributed by atoms with Gasteiger partial charge in [0.05, 0.1) is 0 Å². The van der Waals surface area contributed by atoms with Gasteiger partial charge in [0.25, 0.3) is 0 Å². The molecule has 0 radical (unpaired) electrons. The summed E-state index contributed by atoms with van der Waals surface area (Å²) in [6.07, 6.45) is 3.80. The average molecular weight is 293 g/mol. The number of hydrogen-bond acceptors (Lipinski definition) is 5. The zero-order valence-corrected chi connectivity index (χ0v) is 12.4. The second kappa shape index (κ2) is 6.88. The number of carbonyl (C=O) groups excluding carboxylic acids is 3. The van der Waals surface area contributed by atoms with E-state index in [1.54, 1.807) is 20.8 Å². The summed E-state index contributed by atoms with van der Waals surface area (Å²) in [6.45, 7) is 8.80. The first-order chi connectivity index (χ1) is 9.65. The molecule has 0 aromatic heterocycles. The molecule has 21 heavy (non-hydrogen) atoms. The van der Waals surface area contributed by atoms with Gasteiger partial charge in [-0.05, 0) is 26.3 Å². The highest BCUT2D eigenvalue weighted by Crippen LogP contribution is 2.12. The van der Waals surface area contributed by atoms with E-state index in [1.165, 1.54) is 6.08 Å². The van der Waals surface area contributed by atoms with E-state index in [-0.39, 0.29) is 12.5 Å². The van der Waals surface area contributed by atoms with E-state index in [9.17, 15) is 14.4 Å². The van der Waals surface area contributed by atoms with Gasteiger partial charge in [-0.2, -0.15) is 0 Å². The van der Waals surface area contributed by atoms with Gasteiger partial charge in [0, 0.05) is 30.3 Å². The highest BCUT2D eigenvalue weighted by molar-refractivity contribution is 5.92. The third-order valence-corrected chi connectivity index (χ3v) is 2.24. The summed E-state index contributed by atoms with van der Waals surface area (Å²) >= 11 is 0. The first-order valence-electron chi connectivity index (χ1n) is 6.42. The molecule has 0 atom stereocenters. The van der Waals surface area contributed by atoms with Crippen molar-refractivity contribution in [3.05, 3.63) is 36.1 Å². The molecule has 0 fully saturated rings. The highest BCUT2D eigenvalue weighted by atomic mass is 16.6. The SMILES string of the molecule is C=C1CC(COC(=O)/C=C/C(=O)OC(C)(C)C)=CC(=O)N1. The molecule has 1 N–H and O–H groups in total. The quantitative estimate of drug-likeness (QED) is 0.625. The van der Waals surface area contributed by atoms with Gasteiger partial charge < -0.3 is 14.8 Å². The summed E-state index contributed by atoms with van der Waals surface area (Å²) in [4.78, 5) is 34.0. The summed E-state index contributed by atoms with van der Waals surface area (Å²) in [7, 11) is 0. The minimum Gasteiger partial charge on any atom is -0.458 e. The van der Waals surface area contributed by atoms with Crippen LogP contribution in [0.25, 0.3) is 0 Å². The summed E-state index contributed by atoms with van der Waals surface area (Å²) in [5.41, 5.74) is 0.576. The molecule has 1 aliphatic heterocycles. The van der Waals surface area contributed by atoms with E-state index in [2.05, 4.69) is 11.9 Å². The van der Waals surface area contributed by atoms with Crippen LogP contribution in [0.15, 0.2) is 36.1 Å². The second-order valence-electron chi connectivity index (χ2n) is 5.55. The Morgan fingerprint density at radius 3 is 2.52 bits per heavy atom. The van der Waals surface area contributed by atoms with Crippen molar-refractivity contribution in [1.82, 2.24) is 5.32 Å². The molecule has 0 unspecified atom stereocenters. The molecule has 6 heteroatoms. The smallest absolute Gasteiger partial charge is 0.331 e. The Morgan fingerprint density at radius 1 is 1.33 bits per heavy atom. The lowest BCUT2D eigenvalue weighted by atomic mass is 10.1. The van der Waals surface area contributed by atoms with Crippen molar-refractivity contribution in [1.29, 1.82) is 0 Å². The van der Waals surface area contributed by atoms with Crippen LogP contribution >= 0.6 is 0 Å². The molecule has 1 amide bonds. The van der Waals surface area contributed by atoms with Crippen LogP contribution in [0.4, 0.5) is 0 Å². The van der Waals surface area contributed by atoms with E-state index in [0.29, 0.717) is 17.7 Å². The van der Waals surface area contributed by atoms with Gasteiger partial charge in [-0.1, -0.05) is 6.58 Å². The zero-order valence-electron chi connectivity index (χ0n) is 12.4. The van der Waals surface area contributed by atoms with E-state index < -0.39 is 17.5 Å². The van der Waals surface area contributed by atoms with E-state index in [4.69, 9.17) is 9.47 Å². The third kappa shape index (κ3) is 7.10. The van der Waals surface area contributed by atoms with Crippen LogP contribution in [0.2, 0.25) is 0 Å². The number of hydrogen-bond donors (Lipinski definition) is 1. The van der Waals surface area contributed by atoms with Gasteiger partial charge in [0.2, 0.25) is 5.91 Å². The molecular weight excluding hydrogens is 274 g/mol. The number of amides is 1. The maximum Gasteiger partial charge on any atom is 0.331 e. The number of nitrogens with one attached hydrogen (secondary N) is 1. The molecule has 114 valence electrons. The van der Waals surface area contributed by atoms with Gasteiger partial charge >= 0.3 is 11.9 Å². The standard InChI is InChI=1S/C15H19NO5/c1-10-7-11(8-12(17)16-10)9-20-13(18)5-6-14(19)21-15(2,3)4/h5-6,8H,1,7,9H2,2-4H3,(H,16,17)/b6-5+. The van der Waals surface area contributed by atoms with Crippen LogP contribution < -0.4 is 5.32 Å². The van der Waals surface area contributed by atoms with Crippen molar-refractivity contribution < 1.29 is 23.9 Å². The van der Waals surface area contributed by atoms with Gasteiger partial charge in [0.15, 0.2) is 0 Å². The van der Waals surface area contributed by atoms with Gasteiger partial charge in [-0.15, -0.1) is 0 Å². The van der Waals surface area contributed by atoms with Gasteiger partial charge in [-0.3, -0.25) is 4.79 Å². The number of rotatable bonds is 4. The Bertz CT molecular complexity index is 523. The second-order valence-corrected chi connectivity index (χ2v) is 5.55. The topological polar surface area (TPSA) is 81.7 Å². The fourth-order valence-electron chi connectivity index (χ4n) is 1.54. The van der Waals surface area contributed by atoms with Crippen molar-refractivity contribution in [2.24, 2.45) is 0 Å². The minimum absolute atomic E-state index is 0.0239. The van der Waals surface area contributed by atoms with Crippen LogP contribution in [-0.4, -0.2) is 30.1 Å². The summed E-state index contributed by atoms with van der Waals surface area (Å²) < 4.78 is 9.94. The largest absolute Gasteiger partial charge is 0.458 e. The predicted octanol–water partition coefficient (Wildman–Crippen LogP) is 1.39. The van der Waals surface area contributed by atoms with Crippen molar-refractivity contribution >= 4 is 17.8 Å². The molecule has 0 aromatic rings. The first-order valence-corrected chi connectivity index (χ1v) is 6.42. The number of carbonyl (C=O) groups is 3. The predicted molar refractivity (Wildman–Crippen MR) is 75.9 cm³/mol. The molecule has 1 aliphatic rings. The minimum atomic E-state index is -0.682. The number of allylic oxidation sites excluding steroid dienone is 1. The molecule has 1 rings (SSSR count). The Kier molecular flexibility index (Phi) is 5.46. The average Bonchev–Trinajstić information content (AvgIpc) is 2.30. The molecule has 0 aliphatic carbocycles. The summed E-state index contributed by atoms with van der Waals surface area (Å²) in [6, 6.07) is 0.